The molecule has 2 N–H and O–H groups in total. The van der Waals surface area contributed by atoms with Crippen LogP contribution in [0.5, 0.6) is 0 Å². The van der Waals surface area contributed by atoms with Gasteiger partial charge < -0.3 is 10.6 Å². The van der Waals surface area contributed by atoms with E-state index in [-0.39, 0.29) is 22.4 Å². The molecule has 3 atom stereocenters. The van der Waals surface area contributed by atoms with Gasteiger partial charge in [0.15, 0.2) is 0 Å². The van der Waals surface area contributed by atoms with Gasteiger partial charge in [-0.1, -0.05) is 52.3 Å². The lowest BCUT2D eigenvalue weighted by Gasteiger charge is -2.55. The monoisotopic (exact) mass is 384 g/mol. The van der Waals surface area contributed by atoms with E-state index >= 15 is 0 Å². The predicted octanol–water partition coefficient (Wildman–Crippen LogP) is 5.92. The van der Waals surface area contributed by atoms with Gasteiger partial charge in [-0.2, -0.15) is 0 Å². The highest BCUT2D eigenvalue weighted by atomic mass is 16.2. The second-order valence-corrected chi connectivity index (χ2v) is 11.1. The molecule has 1 aromatic rings. The molecule has 3 rings (SSSR count). The first-order chi connectivity index (χ1) is 12.9. The fourth-order valence-corrected chi connectivity index (χ4v) is 5.88. The maximum Gasteiger partial charge on any atom is 0.315 e. The van der Waals surface area contributed by atoms with Gasteiger partial charge in [0, 0.05) is 12.1 Å². The van der Waals surface area contributed by atoms with Crippen molar-refractivity contribution in [3.8, 4) is 0 Å². The average molecular weight is 385 g/mol. The summed E-state index contributed by atoms with van der Waals surface area (Å²) in [6, 6.07) is 7.18. The summed E-state index contributed by atoms with van der Waals surface area (Å²) in [4.78, 5) is 12.4. The van der Waals surface area contributed by atoms with Crippen LogP contribution in [0.25, 0.3) is 0 Å². The molecule has 0 heterocycles. The Kier molecular flexibility index (Phi) is 5.59. The van der Waals surface area contributed by atoms with Crippen LogP contribution in [0.4, 0.5) is 4.79 Å². The fourth-order valence-electron chi connectivity index (χ4n) is 5.88. The Bertz CT molecular complexity index is 733. The molecule has 2 aliphatic rings. The van der Waals surface area contributed by atoms with E-state index in [0.29, 0.717) is 11.8 Å². The molecule has 0 aromatic heterocycles. The Morgan fingerprint density at radius 3 is 2.57 bits per heavy atom. The van der Waals surface area contributed by atoms with E-state index in [4.69, 9.17) is 0 Å². The van der Waals surface area contributed by atoms with Gasteiger partial charge in [0.1, 0.15) is 0 Å². The minimum atomic E-state index is -0.204. The minimum absolute atomic E-state index is 0.0428. The molecule has 0 unspecified atom stereocenters. The third-order valence-electron chi connectivity index (χ3n) is 7.31. The van der Waals surface area contributed by atoms with Gasteiger partial charge in [-0.15, -0.1) is 0 Å². The van der Waals surface area contributed by atoms with Crippen LogP contribution < -0.4 is 10.6 Å². The normalized spacial score (nSPS) is 29.8. The van der Waals surface area contributed by atoms with Crippen LogP contribution in [0.1, 0.15) is 96.8 Å². The molecule has 156 valence electrons. The van der Waals surface area contributed by atoms with E-state index in [1.807, 2.05) is 20.8 Å². The zero-order chi connectivity index (χ0) is 20.7. The molecule has 1 fully saturated rings. The maximum absolute atomic E-state index is 12.4. The molecule has 3 nitrogen and oxygen atoms in total. The fraction of sp³-hybridized carbons (Fsp3) is 0.720. The van der Waals surface area contributed by atoms with Gasteiger partial charge in [-0.05, 0) is 85.8 Å². The van der Waals surface area contributed by atoms with Crippen molar-refractivity contribution in [2.45, 2.75) is 97.4 Å². The topological polar surface area (TPSA) is 41.1 Å². The summed E-state index contributed by atoms with van der Waals surface area (Å²) in [6.07, 6.45) is 6.08. The van der Waals surface area contributed by atoms with Gasteiger partial charge in [0.25, 0.3) is 0 Å². The van der Waals surface area contributed by atoms with Crippen molar-refractivity contribution in [1.82, 2.24) is 10.6 Å². The summed E-state index contributed by atoms with van der Waals surface area (Å²) in [5, 5.41) is 6.24. The van der Waals surface area contributed by atoms with Crippen LogP contribution in [0.15, 0.2) is 18.2 Å². The molecule has 1 aromatic carbocycles. The Morgan fingerprint density at radius 1 is 1.21 bits per heavy atom. The van der Waals surface area contributed by atoms with Crippen molar-refractivity contribution in [3.63, 3.8) is 0 Å². The lowest BCUT2D eigenvalue weighted by Crippen LogP contribution is -2.55. The lowest BCUT2D eigenvalue weighted by molar-refractivity contribution is 0.0277. The number of nitrogens with one attached hydrogen (secondary N) is 2. The second-order valence-electron chi connectivity index (χ2n) is 11.1. The highest BCUT2D eigenvalue weighted by Crippen LogP contribution is 2.57. The van der Waals surface area contributed by atoms with Gasteiger partial charge in [0.05, 0.1) is 0 Å². The molecule has 0 aliphatic heterocycles. The number of benzene rings is 1. The van der Waals surface area contributed by atoms with E-state index < -0.39 is 0 Å². The number of carbonyl (C=O) groups excluding carboxylic acids is 1. The van der Waals surface area contributed by atoms with Crippen molar-refractivity contribution in [3.05, 3.63) is 34.9 Å². The van der Waals surface area contributed by atoms with Gasteiger partial charge >= 0.3 is 6.03 Å². The number of amides is 2. The minimum Gasteiger partial charge on any atom is -0.338 e. The number of hydrogen-bond donors (Lipinski definition) is 2. The van der Waals surface area contributed by atoms with Gasteiger partial charge in [0.2, 0.25) is 0 Å². The molecule has 28 heavy (non-hydrogen) atoms. The number of hydrogen-bond acceptors (Lipinski definition) is 1. The summed E-state index contributed by atoms with van der Waals surface area (Å²) < 4.78 is 0. The average Bonchev–Trinajstić information content (AvgIpc) is 2.58. The third-order valence-corrected chi connectivity index (χ3v) is 7.31. The summed E-state index contributed by atoms with van der Waals surface area (Å²) in [6.45, 7) is 16.3. The Balaban J connectivity index is 1.82. The van der Waals surface area contributed by atoms with Crippen molar-refractivity contribution in [1.29, 1.82) is 0 Å². The first-order valence-corrected chi connectivity index (χ1v) is 11.1. The third kappa shape index (κ3) is 4.09. The van der Waals surface area contributed by atoms with E-state index in [1.54, 1.807) is 11.1 Å². The molecule has 0 saturated heterocycles. The number of aryl methyl sites for hydroxylation is 1. The molecule has 0 radical (unpaired) electrons. The van der Waals surface area contributed by atoms with E-state index in [1.165, 1.54) is 37.7 Å². The van der Waals surface area contributed by atoms with Crippen LogP contribution in [0.3, 0.4) is 0 Å². The first-order valence-electron chi connectivity index (χ1n) is 11.1. The molecule has 0 spiro atoms. The predicted molar refractivity (Wildman–Crippen MR) is 118 cm³/mol. The summed E-state index contributed by atoms with van der Waals surface area (Å²) >= 11 is 0. The molecular formula is C25H40N2O. The summed E-state index contributed by atoms with van der Waals surface area (Å²) in [5.74, 6) is 1.19. The highest BCUT2D eigenvalue weighted by molar-refractivity contribution is 5.74. The molecule has 2 amide bonds. The van der Waals surface area contributed by atoms with Gasteiger partial charge in [-0.3, -0.25) is 0 Å². The SMILES string of the molecule is CC(C)c1ccc2c(c1)CC[C@@H]1[C@](C)(CNC(=O)NC(C)(C)C)CCC[C@@]21C. The molecule has 1 saturated carbocycles. The Hall–Kier alpha value is -1.51. The Labute approximate surface area is 172 Å². The van der Waals surface area contributed by atoms with Crippen molar-refractivity contribution in [2.75, 3.05) is 6.54 Å². The van der Waals surface area contributed by atoms with Gasteiger partial charge in [-0.25, -0.2) is 4.79 Å². The van der Waals surface area contributed by atoms with E-state index in [9.17, 15) is 4.79 Å². The number of urea groups is 1. The molecule has 0 bridgehead atoms. The number of fused-ring (bicyclic) bond motifs is 3. The standard InChI is InChI=1S/C25H40N2O/c1-17(2)18-9-11-20-19(15-18)10-12-21-24(6,13-8-14-25(20,21)7)16-26-22(28)27-23(3,4)5/h9,11,15,17,21H,8,10,12-14,16H2,1-7H3,(H2,26,27,28)/t21-,24+,25+/m1/s1. The Morgan fingerprint density at radius 2 is 1.93 bits per heavy atom. The summed E-state index contributed by atoms with van der Waals surface area (Å²) in [5.41, 5.74) is 4.75. The molecular weight excluding hydrogens is 344 g/mol. The van der Waals surface area contributed by atoms with Crippen LogP contribution >= 0.6 is 0 Å². The van der Waals surface area contributed by atoms with Crippen LogP contribution in [0.2, 0.25) is 0 Å². The zero-order valence-electron chi connectivity index (χ0n) is 19.0. The second kappa shape index (κ2) is 7.39. The van der Waals surface area contributed by atoms with Crippen LogP contribution in [-0.2, 0) is 11.8 Å². The zero-order valence-corrected chi connectivity index (χ0v) is 19.0. The van der Waals surface area contributed by atoms with Crippen LogP contribution in [0, 0.1) is 11.3 Å². The molecule has 2 aliphatic carbocycles. The largest absolute Gasteiger partial charge is 0.338 e. The van der Waals surface area contributed by atoms with Crippen molar-refractivity contribution < 1.29 is 4.79 Å². The van der Waals surface area contributed by atoms with Crippen LogP contribution in [-0.4, -0.2) is 18.1 Å². The number of rotatable bonds is 3. The van der Waals surface area contributed by atoms with E-state index in [0.717, 1.165) is 6.54 Å². The van der Waals surface area contributed by atoms with Crippen molar-refractivity contribution >= 4 is 6.03 Å². The maximum atomic E-state index is 12.4. The molecule has 3 heteroatoms. The van der Waals surface area contributed by atoms with Crippen molar-refractivity contribution in [2.24, 2.45) is 11.3 Å². The smallest absolute Gasteiger partial charge is 0.315 e. The highest BCUT2D eigenvalue weighted by Gasteiger charge is 2.51. The number of carbonyl (C=O) groups is 1. The summed E-state index contributed by atoms with van der Waals surface area (Å²) in [7, 11) is 0. The first kappa shape index (κ1) is 21.2. The quantitative estimate of drug-likeness (QED) is 0.667. The van der Waals surface area contributed by atoms with E-state index in [2.05, 4.69) is 56.5 Å². The lowest BCUT2D eigenvalue weighted by atomic mass is 9.49.